The maximum absolute atomic E-state index is 9.66. The average Bonchev–Trinajstić information content (AvgIpc) is 2.11. The second kappa shape index (κ2) is 8.21. The molecule has 0 aliphatic heterocycles. The molecule has 0 aromatic rings. The molecule has 14 heavy (non-hydrogen) atoms. The molecule has 0 saturated heterocycles. The molecule has 0 radical (unpaired) electrons. The van der Waals surface area contributed by atoms with E-state index in [1.54, 1.807) is 0 Å². The molecular weight excluding hydrogens is 176 g/mol. The van der Waals surface area contributed by atoms with Crippen LogP contribution in [0.25, 0.3) is 0 Å². The predicted molar refractivity (Wildman–Crippen MR) is 61.6 cm³/mol. The Morgan fingerprint density at radius 1 is 1.36 bits per heavy atom. The van der Waals surface area contributed by atoms with E-state index >= 15 is 0 Å². The van der Waals surface area contributed by atoms with Crippen LogP contribution in [-0.2, 0) is 0 Å². The molecular formula is C11H26N2O. The van der Waals surface area contributed by atoms with Crippen LogP contribution in [0.15, 0.2) is 0 Å². The lowest BCUT2D eigenvalue weighted by molar-refractivity contribution is 0.121. The number of aliphatic hydroxyl groups excluding tert-OH is 1. The van der Waals surface area contributed by atoms with Gasteiger partial charge >= 0.3 is 0 Å². The first-order valence-electron chi connectivity index (χ1n) is 5.66. The second-order valence-electron chi connectivity index (χ2n) is 4.33. The molecule has 0 rings (SSSR count). The number of rotatable bonds is 8. The van der Waals surface area contributed by atoms with Crippen molar-refractivity contribution in [2.75, 3.05) is 26.7 Å². The summed E-state index contributed by atoms with van der Waals surface area (Å²) in [6, 6.07) is 0.450. The first-order chi connectivity index (χ1) is 6.56. The SMILES string of the molecule is CCCCN(C)CC(O)CNC(C)C. The van der Waals surface area contributed by atoms with Gasteiger partial charge in [0, 0.05) is 19.1 Å². The van der Waals surface area contributed by atoms with Crippen LogP contribution in [0.3, 0.4) is 0 Å². The van der Waals surface area contributed by atoms with Crippen molar-refractivity contribution in [1.82, 2.24) is 10.2 Å². The molecule has 2 N–H and O–H groups in total. The van der Waals surface area contributed by atoms with Crippen LogP contribution in [0.1, 0.15) is 33.6 Å². The fourth-order valence-electron chi connectivity index (χ4n) is 1.32. The zero-order valence-corrected chi connectivity index (χ0v) is 10.1. The van der Waals surface area contributed by atoms with Crippen molar-refractivity contribution in [1.29, 1.82) is 0 Å². The van der Waals surface area contributed by atoms with E-state index in [1.165, 1.54) is 12.8 Å². The summed E-state index contributed by atoms with van der Waals surface area (Å²) in [5.41, 5.74) is 0. The third-order valence-electron chi connectivity index (χ3n) is 2.18. The molecule has 0 amide bonds. The van der Waals surface area contributed by atoms with E-state index < -0.39 is 0 Å². The number of unbranched alkanes of at least 4 members (excludes halogenated alkanes) is 1. The Balaban J connectivity index is 3.44. The lowest BCUT2D eigenvalue weighted by Crippen LogP contribution is -2.39. The normalized spacial score (nSPS) is 13.9. The summed E-state index contributed by atoms with van der Waals surface area (Å²) in [4.78, 5) is 2.19. The van der Waals surface area contributed by atoms with E-state index in [1.807, 2.05) is 0 Å². The molecule has 0 aromatic carbocycles. The van der Waals surface area contributed by atoms with Gasteiger partial charge in [0.2, 0.25) is 0 Å². The van der Waals surface area contributed by atoms with E-state index in [0.29, 0.717) is 12.6 Å². The Bertz CT molecular complexity index is 128. The van der Waals surface area contributed by atoms with E-state index in [-0.39, 0.29) is 6.10 Å². The maximum Gasteiger partial charge on any atom is 0.0791 e. The van der Waals surface area contributed by atoms with Gasteiger partial charge in [-0.2, -0.15) is 0 Å². The second-order valence-corrected chi connectivity index (χ2v) is 4.33. The van der Waals surface area contributed by atoms with Crippen LogP contribution < -0.4 is 5.32 Å². The van der Waals surface area contributed by atoms with Crippen molar-refractivity contribution in [3.05, 3.63) is 0 Å². The number of nitrogens with zero attached hydrogens (tertiary/aromatic N) is 1. The Hall–Kier alpha value is -0.120. The summed E-state index contributed by atoms with van der Waals surface area (Å²) in [7, 11) is 2.06. The van der Waals surface area contributed by atoms with Gasteiger partial charge in [0.15, 0.2) is 0 Å². The highest BCUT2D eigenvalue weighted by atomic mass is 16.3. The smallest absolute Gasteiger partial charge is 0.0791 e. The first-order valence-corrected chi connectivity index (χ1v) is 5.66. The Kier molecular flexibility index (Phi) is 8.14. The van der Waals surface area contributed by atoms with Gasteiger partial charge in [0.05, 0.1) is 6.10 Å². The largest absolute Gasteiger partial charge is 0.390 e. The van der Waals surface area contributed by atoms with Crippen LogP contribution in [0.2, 0.25) is 0 Å². The van der Waals surface area contributed by atoms with Crippen molar-refractivity contribution in [2.45, 2.75) is 45.8 Å². The highest BCUT2D eigenvalue weighted by molar-refractivity contribution is 4.65. The number of nitrogens with one attached hydrogen (secondary N) is 1. The molecule has 0 heterocycles. The number of hydrogen-bond acceptors (Lipinski definition) is 3. The van der Waals surface area contributed by atoms with Gasteiger partial charge in [-0.3, -0.25) is 0 Å². The lowest BCUT2D eigenvalue weighted by atomic mass is 10.2. The van der Waals surface area contributed by atoms with Crippen molar-refractivity contribution >= 4 is 0 Å². The summed E-state index contributed by atoms with van der Waals surface area (Å²) in [6.07, 6.45) is 2.17. The summed E-state index contributed by atoms with van der Waals surface area (Å²) < 4.78 is 0. The molecule has 0 aromatic heterocycles. The lowest BCUT2D eigenvalue weighted by Gasteiger charge is -2.21. The Morgan fingerprint density at radius 3 is 2.50 bits per heavy atom. The zero-order chi connectivity index (χ0) is 11.0. The summed E-state index contributed by atoms with van der Waals surface area (Å²) in [5, 5.41) is 12.9. The summed E-state index contributed by atoms with van der Waals surface area (Å²) in [6.45, 7) is 8.90. The molecule has 1 atom stereocenters. The Labute approximate surface area is 88.5 Å². The summed E-state index contributed by atoms with van der Waals surface area (Å²) in [5.74, 6) is 0. The minimum absolute atomic E-state index is 0.251. The van der Waals surface area contributed by atoms with Crippen LogP contribution in [0.5, 0.6) is 0 Å². The fourth-order valence-corrected chi connectivity index (χ4v) is 1.32. The molecule has 0 aliphatic rings. The van der Waals surface area contributed by atoms with Crippen LogP contribution in [0.4, 0.5) is 0 Å². The van der Waals surface area contributed by atoms with Gasteiger partial charge in [-0.15, -0.1) is 0 Å². The molecule has 86 valence electrons. The van der Waals surface area contributed by atoms with Crippen LogP contribution in [0, 0.1) is 0 Å². The van der Waals surface area contributed by atoms with E-state index in [0.717, 1.165) is 13.1 Å². The maximum atomic E-state index is 9.66. The molecule has 0 saturated carbocycles. The number of aliphatic hydroxyl groups is 1. The van der Waals surface area contributed by atoms with E-state index in [9.17, 15) is 5.11 Å². The van der Waals surface area contributed by atoms with Gasteiger partial charge in [-0.1, -0.05) is 27.2 Å². The van der Waals surface area contributed by atoms with Crippen molar-refractivity contribution in [3.63, 3.8) is 0 Å². The highest BCUT2D eigenvalue weighted by Gasteiger charge is 2.07. The van der Waals surface area contributed by atoms with Gasteiger partial charge < -0.3 is 15.3 Å². The number of hydrogen-bond donors (Lipinski definition) is 2. The topological polar surface area (TPSA) is 35.5 Å². The average molecular weight is 202 g/mol. The number of likely N-dealkylation sites (N-methyl/N-ethyl adjacent to an activating group) is 1. The molecule has 1 unspecified atom stereocenters. The van der Waals surface area contributed by atoms with E-state index in [2.05, 4.69) is 38.0 Å². The quantitative estimate of drug-likeness (QED) is 0.618. The standard InChI is InChI=1S/C11H26N2O/c1-5-6-7-13(4)9-11(14)8-12-10(2)3/h10-12,14H,5-9H2,1-4H3. The molecule has 0 fully saturated rings. The first kappa shape index (κ1) is 13.9. The van der Waals surface area contributed by atoms with Crippen LogP contribution >= 0.6 is 0 Å². The fraction of sp³-hybridized carbons (Fsp3) is 1.00. The van der Waals surface area contributed by atoms with Gasteiger partial charge in [-0.05, 0) is 20.0 Å². The molecule has 0 bridgehead atoms. The van der Waals surface area contributed by atoms with Crippen molar-refractivity contribution < 1.29 is 5.11 Å². The van der Waals surface area contributed by atoms with Crippen molar-refractivity contribution in [2.24, 2.45) is 0 Å². The predicted octanol–water partition coefficient (Wildman–Crippen LogP) is 1.08. The van der Waals surface area contributed by atoms with Gasteiger partial charge in [-0.25, -0.2) is 0 Å². The monoisotopic (exact) mass is 202 g/mol. The minimum Gasteiger partial charge on any atom is -0.390 e. The third-order valence-corrected chi connectivity index (χ3v) is 2.18. The minimum atomic E-state index is -0.251. The van der Waals surface area contributed by atoms with Crippen molar-refractivity contribution in [3.8, 4) is 0 Å². The zero-order valence-electron chi connectivity index (χ0n) is 10.1. The molecule has 0 aliphatic carbocycles. The third kappa shape index (κ3) is 8.48. The molecule has 0 spiro atoms. The van der Waals surface area contributed by atoms with Gasteiger partial charge in [0.25, 0.3) is 0 Å². The summed E-state index contributed by atoms with van der Waals surface area (Å²) >= 11 is 0. The van der Waals surface area contributed by atoms with E-state index in [4.69, 9.17) is 0 Å². The Morgan fingerprint density at radius 2 is 2.00 bits per heavy atom. The van der Waals surface area contributed by atoms with Crippen LogP contribution in [-0.4, -0.2) is 48.8 Å². The molecule has 3 heteroatoms. The highest BCUT2D eigenvalue weighted by Crippen LogP contribution is 1.94. The van der Waals surface area contributed by atoms with Gasteiger partial charge in [0.1, 0.15) is 0 Å². The molecule has 3 nitrogen and oxygen atoms in total.